The molecular formula is C9H15NO4. The van der Waals surface area contributed by atoms with Crippen molar-refractivity contribution in [1.29, 1.82) is 0 Å². The Morgan fingerprint density at radius 1 is 1.50 bits per heavy atom. The van der Waals surface area contributed by atoms with Crippen LogP contribution < -0.4 is 0 Å². The molecule has 0 aromatic heterocycles. The third-order valence-electron chi connectivity index (χ3n) is 1.88. The lowest BCUT2D eigenvalue weighted by Gasteiger charge is -2.23. The first-order valence-electron chi connectivity index (χ1n) is 4.28. The van der Waals surface area contributed by atoms with Gasteiger partial charge in [-0.3, -0.25) is 14.5 Å². The van der Waals surface area contributed by atoms with Crippen LogP contribution in [0.4, 0.5) is 0 Å². The minimum atomic E-state index is -0.961. The second-order valence-electron chi connectivity index (χ2n) is 2.94. The predicted octanol–water partition coefficient (Wildman–Crippen LogP) is 0.422. The van der Waals surface area contributed by atoms with E-state index >= 15 is 0 Å². The molecule has 5 heteroatoms. The summed E-state index contributed by atoms with van der Waals surface area (Å²) in [5, 5.41) is 17.2. The minimum absolute atomic E-state index is 0.0640. The van der Waals surface area contributed by atoms with Gasteiger partial charge in [-0.25, -0.2) is 0 Å². The van der Waals surface area contributed by atoms with Crippen LogP contribution in [-0.2, 0) is 9.59 Å². The largest absolute Gasteiger partial charge is 0.481 e. The van der Waals surface area contributed by atoms with Crippen molar-refractivity contribution in [3.05, 3.63) is 12.7 Å². The van der Waals surface area contributed by atoms with Gasteiger partial charge in [0.2, 0.25) is 0 Å². The smallest absolute Gasteiger partial charge is 0.320 e. The van der Waals surface area contributed by atoms with Gasteiger partial charge >= 0.3 is 11.9 Å². The molecule has 0 spiro atoms. The van der Waals surface area contributed by atoms with Gasteiger partial charge in [-0.05, 0) is 6.92 Å². The van der Waals surface area contributed by atoms with Crippen LogP contribution in [0, 0.1) is 0 Å². The highest BCUT2D eigenvalue weighted by Crippen LogP contribution is 2.01. The average Bonchev–Trinajstić information content (AvgIpc) is 2.10. The van der Waals surface area contributed by atoms with Crippen LogP contribution in [0.5, 0.6) is 0 Å². The highest BCUT2D eigenvalue weighted by molar-refractivity contribution is 5.73. The number of carboxylic acid groups (broad SMARTS) is 2. The van der Waals surface area contributed by atoms with E-state index in [0.717, 1.165) is 0 Å². The first-order valence-corrected chi connectivity index (χ1v) is 4.28. The molecule has 14 heavy (non-hydrogen) atoms. The van der Waals surface area contributed by atoms with E-state index in [1.807, 2.05) is 0 Å². The van der Waals surface area contributed by atoms with Gasteiger partial charge < -0.3 is 10.2 Å². The number of carboxylic acids is 2. The zero-order chi connectivity index (χ0) is 11.1. The van der Waals surface area contributed by atoms with Crippen molar-refractivity contribution in [3.63, 3.8) is 0 Å². The van der Waals surface area contributed by atoms with Gasteiger partial charge in [-0.15, -0.1) is 6.58 Å². The van der Waals surface area contributed by atoms with Crippen LogP contribution in [0.3, 0.4) is 0 Å². The average molecular weight is 201 g/mol. The SMILES string of the molecule is C=CCN(CCC(=O)O)C(C)C(=O)O. The molecule has 0 aromatic rings. The normalized spacial score (nSPS) is 12.4. The van der Waals surface area contributed by atoms with E-state index in [1.165, 1.54) is 6.92 Å². The van der Waals surface area contributed by atoms with Crippen molar-refractivity contribution in [3.8, 4) is 0 Å². The quantitative estimate of drug-likeness (QED) is 0.584. The van der Waals surface area contributed by atoms with Crippen molar-refractivity contribution < 1.29 is 19.8 Å². The van der Waals surface area contributed by atoms with Crippen LogP contribution in [0.2, 0.25) is 0 Å². The van der Waals surface area contributed by atoms with Crippen molar-refractivity contribution in [2.24, 2.45) is 0 Å². The summed E-state index contributed by atoms with van der Waals surface area (Å²) in [6.07, 6.45) is 1.49. The summed E-state index contributed by atoms with van der Waals surface area (Å²) in [4.78, 5) is 22.5. The second kappa shape index (κ2) is 6.15. The molecule has 0 aliphatic rings. The molecule has 0 aliphatic heterocycles. The Morgan fingerprint density at radius 2 is 2.07 bits per heavy atom. The molecule has 0 aliphatic carbocycles. The summed E-state index contributed by atoms with van der Waals surface area (Å²) in [5.41, 5.74) is 0. The summed E-state index contributed by atoms with van der Waals surface area (Å²) < 4.78 is 0. The van der Waals surface area contributed by atoms with Crippen molar-refractivity contribution in [2.75, 3.05) is 13.1 Å². The molecule has 1 atom stereocenters. The molecule has 0 saturated carbocycles. The molecule has 0 bridgehead atoms. The molecule has 2 N–H and O–H groups in total. The lowest BCUT2D eigenvalue weighted by molar-refractivity contribution is -0.144. The molecule has 0 radical (unpaired) electrons. The number of hydrogen-bond acceptors (Lipinski definition) is 3. The Bertz CT molecular complexity index is 227. The van der Waals surface area contributed by atoms with Gasteiger partial charge in [-0.1, -0.05) is 6.08 Å². The zero-order valence-corrected chi connectivity index (χ0v) is 8.14. The van der Waals surface area contributed by atoms with Crippen LogP contribution in [0.25, 0.3) is 0 Å². The third-order valence-corrected chi connectivity index (χ3v) is 1.88. The fourth-order valence-corrected chi connectivity index (χ4v) is 1.00. The molecule has 0 rings (SSSR count). The van der Waals surface area contributed by atoms with E-state index < -0.39 is 18.0 Å². The van der Waals surface area contributed by atoms with Gasteiger partial charge in [0.05, 0.1) is 6.42 Å². The maximum Gasteiger partial charge on any atom is 0.320 e. The number of carbonyl (C=O) groups is 2. The van der Waals surface area contributed by atoms with Gasteiger partial charge in [0.15, 0.2) is 0 Å². The minimum Gasteiger partial charge on any atom is -0.481 e. The number of aliphatic carboxylic acids is 2. The molecule has 0 saturated heterocycles. The van der Waals surface area contributed by atoms with E-state index in [9.17, 15) is 9.59 Å². The first-order chi connectivity index (χ1) is 6.49. The number of nitrogens with zero attached hydrogens (tertiary/aromatic N) is 1. The van der Waals surface area contributed by atoms with Crippen LogP contribution >= 0.6 is 0 Å². The van der Waals surface area contributed by atoms with Crippen molar-refractivity contribution in [1.82, 2.24) is 4.90 Å². The lowest BCUT2D eigenvalue weighted by Crippen LogP contribution is -2.40. The topological polar surface area (TPSA) is 77.8 Å². The lowest BCUT2D eigenvalue weighted by atomic mass is 10.2. The fraction of sp³-hybridized carbons (Fsp3) is 0.556. The van der Waals surface area contributed by atoms with Crippen molar-refractivity contribution >= 4 is 11.9 Å². The van der Waals surface area contributed by atoms with E-state index in [0.29, 0.717) is 6.54 Å². The first kappa shape index (κ1) is 12.6. The molecule has 5 nitrogen and oxygen atoms in total. The summed E-state index contributed by atoms with van der Waals surface area (Å²) >= 11 is 0. The Labute approximate surface area is 82.6 Å². The standard InChI is InChI=1S/C9H15NO4/c1-3-5-10(6-4-8(11)12)7(2)9(13)14/h3,7H,1,4-6H2,2H3,(H,11,12)(H,13,14). The van der Waals surface area contributed by atoms with Crippen LogP contribution in [0.1, 0.15) is 13.3 Å². The summed E-state index contributed by atoms with van der Waals surface area (Å²) in [7, 11) is 0. The van der Waals surface area contributed by atoms with E-state index in [2.05, 4.69) is 6.58 Å². The van der Waals surface area contributed by atoms with E-state index in [4.69, 9.17) is 10.2 Å². The van der Waals surface area contributed by atoms with Gasteiger partial charge in [0.1, 0.15) is 6.04 Å². The summed E-state index contributed by atoms with van der Waals surface area (Å²) in [6, 6.07) is -0.688. The van der Waals surface area contributed by atoms with E-state index in [-0.39, 0.29) is 13.0 Å². The zero-order valence-electron chi connectivity index (χ0n) is 8.14. The van der Waals surface area contributed by atoms with Gasteiger partial charge in [0, 0.05) is 13.1 Å². The number of rotatable bonds is 7. The third kappa shape index (κ3) is 4.61. The molecule has 0 amide bonds. The Balaban J connectivity index is 4.19. The number of hydrogen-bond donors (Lipinski definition) is 2. The van der Waals surface area contributed by atoms with Crippen LogP contribution in [0.15, 0.2) is 12.7 Å². The van der Waals surface area contributed by atoms with E-state index in [1.54, 1.807) is 11.0 Å². The molecular weight excluding hydrogens is 186 g/mol. The monoisotopic (exact) mass is 201 g/mol. The van der Waals surface area contributed by atoms with Crippen molar-refractivity contribution in [2.45, 2.75) is 19.4 Å². The predicted molar refractivity (Wildman–Crippen MR) is 51.1 cm³/mol. The Morgan fingerprint density at radius 3 is 2.43 bits per heavy atom. The van der Waals surface area contributed by atoms with Gasteiger partial charge in [0.25, 0.3) is 0 Å². The molecule has 80 valence electrons. The Hall–Kier alpha value is -1.36. The Kier molecular flexibility index (Phi) is 5.55. The molecule has 0 aromatic carbocycles. The maximum atomic E-state index is 10.6. The maximum absolute atomic E-state index is 10.6. The molecule has 0 fully saturated rings. The second-order valence-corrected chi connectivity index (χ2v) is 2.94. The highest BCUT2D eigenvalue weighted by atomic mass is 16.4. The molecule has 1 unspecified atom stereocenters. The van der Waals surface area contributed by atoms with Gasteiger partial charge in [-0.2, -0.15) is 0 Å². The molecule has 0 heterocycles. The van der Waals surface area contributed by atoms with Crippen LogP contribution in [-0.4, -0.2) is 46.2 Å². The highest BCUT2D eigenvalue weighted by Gasteiger charge is 2.19. The summed E-state index contributed by atoms with van der Waals surface area (Å²) in [6.45, 7) is 5.60. The fourth-order valence-electron chi connectivity index (χ4n) is 1.00. The summed E-state index contributed by atoms with van der Waals surface area (Å²) in [5.74, 6) is -1.89.